The summed E-state index contributed by atoms with van der Waals surface area (Å²) in [4.78, 5) is 12.2. The zero-order valence-corrected chi connectivity index (χ0v) is 15.6. The number of carbonyl (C=O) groups is 1. The Hall–Kier alpha value is -0.530. The predicted octanol–water partition coefficient (Wildman–Crippen LogP) is 6.37. The second kappa shape index (κ2) is 14.1. The lowest BCUT2D eigenvalue weighted by Gasteiger charge is -2.31. The fraction of sp³-hybridized carbons (Fsp3) is 0.950. The van der Waals surface area contributed by atoms with E-state index in [2.05, 4.69) is 20.8 Å². The maximum atomic E-state index is 12.2. The lowest BCUT2D eigenvalue weighted by Crippen LogP contribution is -2.37. The molecule has 132 valence electrons. The number of primary amides is 1. The molecule has 0 fully saturated rings. The average molecular weight is 312 g/mol. The van der Waals surface area contributed by atoms with Crippen molar-refractivity contribution in [2.45, 2.75) is 117 Å². The van der Waals surface area contributed by atoms with Crippen LogP contribution in [0, 0.1) is 5.41 Å². The lowest BCUT2D eigenvalue weighted by atomic mass is 9.73. The van der Waals surface area contributed by atoms with Crippen molar-refractivity contribution in [2.75, 3.05) is 0 Å². The van der Waals surface area contributed by atoms with Crippen LogP contribution in [0.25, 0.3) is 0 Å². The monoisotopic (exact) mass is 311 g/mol. The number of hydrogen-bond acceptors (Lipinski definition) is 1. The van der Waals surface area contributed by atoms with E-state index in [1.807, 2.05) is 0 Å². The maximum absolute atomic E-state index is 12.2. The summed E-state index contributed by atoms with van der Waals surface area (Å²) in [5.74, 6) is -0.0306. The standard InChI is InChI=1S/C20H41NO/c1-4-7-10-13-16-20(19(21)22,17-14-11-8-5-2)18-15-12-9-6-3/h4-18H2,1-3H3,(H2,21,22). The van der Waals surface area contributed by atoms with Gasteiger partial charge in [-0.15, -0.1) is 0 Å². The first-order valence-corrected chi connectivity index (χ1v) is 9.92. The molecule has 2 N–H and O–H groups in total. The van der Waals surface area contributed by atoms with Crippen molar-refractivity contribution in [3.8, 4) is 0 Å². The Morgan fingerprint density at radius 2 is 0.955 bits per heavy atom. The minimum absolute atomic E-state index is 0.0306. The molecular weight excluding hydrogens is 270 g/mol. The van der Waals surface area contributed by atoms with Gasteiger partial charge in [0.15, 0.2) is 0 Å². The fourth-order valence-corrected chi connectivity index (χ4v) is 3.42. The Morgan fingerprint density at radius 1 is 0.636 bits per heavy atom. The van der Waals surface area contributed by atoms with E-state index in [9.17, 15) is 4.79 Å². The molecule has 0 atom stereocenters. The minimum atomic E-state index is -0.213. The summed E-state index contributed by atoms with van der Waals surface area (Å²) in [7, 11) is 0. The summed E-state index contributed by atoms with van der Waals surface area (Å²) >= 11 is 0. The highest BCUT2D eigenvalue weighted by molar-refractivity contribution is 5.80. The SMILES string of the molecule is CCCCCCC(CCCCCC)(CCCCCC)C(N)=O. The van der Waals surface area contributed by atoms with E-state index in [4.69, 9.17) is 5.73 Å². The van der Waals surface area contributed by atoms with Gasteiger partial charge in [-0.1, -0.05) is 97.8 Å². The molecule has 2 nitrogen and oxygen atoms in total. The van der Waals surface area contributed by atoms with Crippen LogP contribution in [-0.2, 0) is 4.79 Å². The molecule has 22 heavy (non-hydrogen) atoms. The Morgan fingerprint density at radius 3 is 1.18 bits per heavy atom. The molecule has 0 aromatic rings. The number of amides is 1. The van der Waals surface area contributed by atoms with Crippen LogP contribution in [0.4, 0.5) is 0 Å². The van der Waals surface area contributed by atoms with Crippen LogP contribution in [0.1, 0.15) is 117 Å². The van der Waals surface area contributed by atoms with Crippen LogP contribution in [0.15, 0.2) is 0 Å². The molecule has 2 heteroatoms. The quantitative estimate of drug-likeness (QED) is 0.331. The van der Waals surface area contributed by atoms with Crippen LogP contribution < -0.4 is 5.73 Å². The molecule has 0 spiro atoms. The summed E-state index contributed by atoms with van der Waals surface area (Å²) < 4.78 is 0. The molecule has 0 aliphatic heterocycles. The minimum Gasteiger partial charge on any atom is -0.369 e. The number of rotatable bonds is 16. The van der Waals surface area contributed by atoms with E-state index in [-0.39, 0.29) is 11.3 Å². The van der Waals surface area contributed by atoms with E-state index in [0.717, 1.165) is 19.3 Å². The van der Waals surface area contributed by atoms with Crippen LogP contribution in [0.3, 0.4) is 0 Å². The van der Waals surface area contributed by atoms with E-state index < -0.39 is 0 Å². The van der Waals surface area contributed by atoms with Crippen LogP contribution in [0.2, 0.25) is 0 Å². The van der Waals surface area contributed by atoms with Crippen LogP contribution in [0.5, 0.6) is 0 Å². The van der Waals surface area contributed by atoms with E-state index in [0.29, 0.717) is 0 Å². The van der Waals surface area contributed by atoms with Crippen LogP contribution in [-0.4, -0.2) is 5.91 Å². The first-order chi connectivity index (χ1) is 10.6. The maximum Gasteiger partial charge on any atom is 0.223 e. The molecule has 0 aromatic heterocycles. The molecule has 0 radical (unpaired) electrons. The van der Waals surface area contributed by atoms with Crippen LogP contribution >= 0.6 is 0 Å². The van der Waals surface area contributed by atoms with Crippen molar-refractivity contribution in [1.82, 2.24) is 0 Å². The van der Waals surface area contributed by atoms with Crippen molar-refractivity contribution < 1.29 is 4.79 Å². The van der Waals surface area contributed by atoms with Gasteiger partial charge in [0.2, 0.25) is 5.91 Å². The summed E-state index contributed by atoms with van der Waals surface area (Å²) in [6.45, 7) is 6.70. The normalized spacial score (nSPS) is 11.8. The van der Waals surface area contributed by atoms with Crippen molar-refractivity contribution in [3.63, 3.8) is 0 Å². The average Bonchev–Trinajstić information content (AvgIpc) is 2.51. The number of carbonyl (C=O) groups excluding carboxylic acids is 1. The van der Waals surface area contributed by atoms with Crippen molar-refractivity contribution in [3.05, 3.63) is 0 Å². The first-order valence-electron chi connectivity index (χ1n) is 9.92. The lowest BCUT2D eigenvalue weighted by molar-refractivity contribution is -0.129. The summed E-state index contributed by atoms with van der Waals surface area (Å²) in [6, 6.07) is 0. The largest absolute Gasteiger partial charge is 0.369 e. The number of nitrogens with two attached hydrogens (primary N) is 1. The predicted molar refractivity (Wildman–Crippen MR) is 97.9 cm³/mol. The highest BCUT2D eigenvalue weighted by Gasteiger charge is 2.34. The molecule has 0 aliphatic carbocycles. The van der Waals surface area contributed by atoms with Gasteiger partial charge in [0.1, 0.15) is 0 Å². The van der Waals surface area contributed by atoms with Gasteiger partial charge < -0.3 is 5.73 Å². The third-order valence-electron chi connectivity index (χ3n) is 5.05. The van der Waals surface area contributed by atoms with E-state index in [1.54, 1.807) is 0 Å². The first kappa shape index (κ1) is 21.5. The Labute approximate surface area is 139 Å². The van der Waals surface area contributed by atoms with Gasteiger partial charge in [-0.2, -0.15) is 0 Å². The zero-order chi connectivity index (χ0) is 16.7. The highest BCUT2D eigenvalue weighted by Crippen LogP contribution is 2.37. The second-order valence-electron chi connectivity index (χ2n) is 7.08. The van der Waals surface area contributed by atoms with Gasteiger partial charge in [-0.25, -0.2) is 0 Å². The molecule has 0 heterocycles. The molecule has 0 bridgehead atoms. The fourth-order valence-electron chi connectivity index (χ4n) is 3.42. The third-order valence-corrected chi connectivity index (χ3v) is 5.05. The summed E-state index contributed by atoms with van der Waals surface area (Å²) in [5.41, 5.74) is 5.66. The molecule has 1 amide bonds. The Kier molecular flexibility index (Phi) is 13.7. The molecule has 0 aromatic carbocycles. The van der Waals surface area contributed by atoms with Gasteiger partial charge in [0, 0.05) is 5.41 Å². The highest BCUT2D eigenvalue weighted by atomic mass is 16.1. The van der Waals surface area contributed by atoms with Crippen molar-refractivity contribution in [1.29, 1.82) is 0 Å². The Bertz CT molecular complexity index is 231. The van der Waals surface area contributed by atoms with Gasteiger partial charge in [0.25, 0.3) is 0 Å². The molecule has 0 unspecified atom stereocenters. The summed E-state index contributed by atoms with van der Waals surface area (Å²) in [6.07, 6.45) is 17.8. The molecule has 0 rings (SSSR count). The van der Waals surface area contributed by atoms with Gasteiger partial charge in [-0.3, -0.25) is 4.79 Å². The van der Waals surface area contributed by atoms with Gasteiger partial charge >= 0.3 is 0 Å². The van der Waals surface area contributed by atoms with Crippen molar-refractivity contribution >= 4 is 5.91 Å². The summed E-state index contributed by atoms with van der Waals surface area (Å²) in [5, 5.41) is 0. The third kappa shape index (κ3) is 9.48. The van der Waals surface area contributed by atoms with Gasteiger partial charge in [-0.05, 0) is 19.3 Å². The second-order valence-corrected chi connectivity index (χ2v) is 7.08. The smallest absolute Gasteiger partial charge is 0.223 e. The topological polar surface area (TPSA) is 43.1 Å². The van der Waals surface area contributed by atoms with Crippen molar-refractivity contribution in [2.24, 2.45) is 11.1 Å². The molecule has 0 saturated heterocycles. The Balaban J connectivity index is 4.51. The number of hydrogen-bond donors (Lipinski definition) is 1. The van der Waals surface area contributed by atoms with Gasteiger partial charge in [0.05, 0.1) is 0 Å². The molecule has 0 saturated carbocycles. The van der Waals surface area contributed by atoms with E-state index in [1.165, 1.54) is 77.0 Å². The zero-order valence-electron chi connectivity index (χ0n) is 15.6. The molecule has 0 aliphatic rings. The number of unbranched alkanes of at least 4 members (excludes halogenated alkanes) is 9. The van der Waals surface area contributed by atoms with E-state index >= 15 is 0 Å². The molecular formula is C20H41NO.